The number of nitrogens with zero attached hydrogens (tertiary/aromatic N) is 2. The fourth-order valence-electron chi connectivity index (χ4n) is 5.56. The fraction of sp³-hybridized carbons (Fsp3) is 0.696. The predicted octanol–water partition coefficient (Wildman–Crippen LogP) is 2.04. The summed E-state index contributed by atoms with van der Waals surface area (Å²) in [6, 6.07) is 6.54. The highest BCUT2D eigenvalue weighted by Crippen LogP contribution is 2.38. The summed E-state index contributed by atoms with van der Waals surface area (Å²) in [7, 11) is -6.75. The van der Waals surface area contributed by atoms with E-state index in [0.29, 0.717) is 18.9 Å². The number of hydrogen-bond donors (Lipinski definition) is 1. The number of urea groups is 1. The molecule has 4 rings (SSSR count). The highest BCUT2D eigenvalue weighted by molar-refractivity contribution is 7.92. The van der Waals surface area contributed by atoms with Crippen molar-refractivity contribution in [1.82, 2.24) is 9.80 Å². The van der Waals surface area contributed by atoms with Gasteiger partial charge in [-0.2, -0.15) is 0 Å². The Kier molecular flexibility index (Phi) is 7.35. The lowest BCUT2D eigenvalue weighted by molar-refractivity contribution is 0.105. The van der Waals surface area contributed by atoms with Crippen LogP contribution in [0.2, 0.25) is 0 Å². The zero-order chi connectivity index (χ0) is 23.6. The number of sulfone groups is 2. The van der Waals surface area contributed by atoms with Gasteiger partial charge >= 0.3 is 6.03 Å². The molecule has 1 unspecified atom stereocenters. The van der Waals surface area contributed by atoms with Crippen molar-refractivity contribution in [3.8, 4) is 0 Å². The van der Waals surface area contributed by atoms with Crippen LogP contribution in [0.4, 0.5) is 4.79 Å². The van der Waals surface area contributed by atoms with Gasteiger partial charge in [0.1, 0.15) is 0 Å². The lowest BCUT2D eigenvalue weighted by Gasteiger charge is -2.43. The lowest BCUT2D eigenvalue weighted by atomic mass is 9.76. The van der Waals surface area contributed by atoms with E-state index in [1.165, 1.54) is 6.42 Å². The maximum atomic E-state index is 13.6. The van der Waals surface area contributed by atoms with Crippen LogP contribution >= 0.6 is 0 Å². The molecular formula is C23H35N3O5S2. The first-order chi connectivity index (χ1) is 15.7. The molecule has 1 saturated carbocycles. The van der Waals surface area contributed by atoms with E-state index in [1.807, 2.05) is 6.07 Å². The highest BCUT2D eigenvalue weighted by Gasteiger charge is 2.42. The van der Waals surface area contributed by atoms with Crippen molar-refractivity contribution in [2.45, 2.75) is 55.2 Å². The van der Waals surface area contributed by atoms with Gasteiger partial charge in [0.15, 0.2) is 19.7 Å². The molecule has 2 aliphatic heterocycles. The summed E-state index contributed by atoms with van der Waals surface area (Å²) < 4.78 is 50.9. The molecule has 33 heavy (non-hydrogen) atoms. The normalized spacial score (nSPS) is 26.8. The Balaban J connectivity index is 1.58. The largest absolute Gasteiger partial charge is 0.326 e. The molecule has 0 aromatic heterocycles. The van der Waals surface area contributed by atoms with Crippen molar-refractivity contribution in [1.29, 1.82) is 0 Å². The number of benzene rings is 1. The molecule has 1 aromatic carbocycles. The molecule has 2 amide bonds. The highest BCUT2D eigenvalue weighted by atomic mass is 32.2. The molecule has 0 radical (unpaired) electrons. The molecule has 3 aliphatic rings. The summed E-state index contributed by atoms with van der Waals surface area (Å²) in [6.07, 6.45) is 6.21. The Labute approximate surface area is 197 Å². The van der Waals surface area contributed by atoms with Gasteiger partial charge in [-0.1, -0.05) is 44.2 Å². The van der Waals surface area contributed by atoms with Crippen molar-refractivity contribution in [2.24, 2.45) is 17.6 Å². The van der Waals surface area contributed by atoms with E-state index in [2.05, 4.69) is 0 Å². The second kappa shape index (κ2) is 9.92. The zero-order valence-corrected chi connectivity index (χ0v) is 20.7. The molecule has 184 valence electrons. The second-order valence-corrected chi connectivity index (χ2v) is 14.3. The van der Waals surface area contributed by atoms with Crippen LogP contribution in [0.3, 0.4) is 0 Å². The van der Waals surface area contributed by atoms with Gasteiger partial charge in [0.2, 0.25) is 0 Å². The number of nitrogens with two attached hydrogens (primary N) is 1. The monoisotopic (exact) mass is 497 g/mol. The van der Waals surface area contributed by atoms with Crippen molar-refractivity contribution in [3.05, 3.63) is 29.8 Å². The van der Waals surface area contributed by atoms with Crippen molar-refractivity contribution >= 4 is 25.7 Å². The Morgan fingerprint density at radius 1 is 1.00 bits per heavy atom. The standard InChI is InChI=1S/C23H35N3O5S2/c24-15-18-5-4-8-21(13-18)33(30,31)22-14-20(19-6-2-1-3-7-19)16-26(17-22)23(27)25-9-11-32(28,29)12-10-25/h4-5,8,13,19-20,22H,1-3,6-7,9-12,14-17,24H2/t20?,22-/m1/s1. The van der Waals surface area contributed by atoms with E-state index in [9.17, 15) is 21.6 Å². The number of amides is 2. The van der Waals surface area contributed by atoms with Crippen LogP contribution in [-0.2, 0) is 26.2 Å². The van der Waals surface area contributed by atoms with Crippen LogP contribution in [0, 0.1) is 11.8 Å². The van der Waals surface area contributed by atoms with Gasteiger partial charge in [0.05, 0.1) is 21.7 Å². The van der Waals surface area contributed by atoms with E-state index in [-0.39, 0.29) is 54.5 Å². The molecule has 10 heteroatoms. The van der Waals surface area contributed by atoms with Gasteiger partial charge in [-0.3, -0.25) is 0 Å². The molecule has 1 aliphatic carbocycles. The van der Waals surface area contributed by atoms with E-state index < -0.39 is 24.9 Å². The van der Waals surface area contributed by atoms with Crippen LogP contribution in [0.1, 0.15) is 44.1 Å². The molecule has 1 aromatic rings. The van der Waals surface area contributed by atoms with Crippen molar-refractivity contribution in [3.63, 3.8) is 0 Å². The number of carbonyl (C=O) groups excluding carboxylic acids is 1. The lowest BCUT2D eigenvalue weighted by Crippen LogP contribution is -2.56. The fourth-order valence-corrected chi connectivity index (χ4v) is 8.61. The van der Waals surface area contributed by atoms with Crippen LogP contribution in [0.5, 0.6) is 0 Å². The van der Waals surface area contributed by atoms with Crippen molar-refractivity contribution in [2.75, 3.05) is 37.7 Å². The summed E-state index contributed by atoms with van der Waals surface area (Å²) in [6.45, 7) is 1.28. The topological polar surface area (TPSA) is 118 Å². The van der Waals surface area contributed by atoms with E-state index >= 15 is 0 Å². The van der Waals surface area contributed by atoms with Crippen LogP contribution in [0.15, 0.2) is 29.2 Å². The minimum Gasteiger partial charge on any atom is -0.326 e. The third-order valence-electron chi connectivity index (χ3n) is 7.55. The third kappa shape index (κ3) is 5.54. The van der Waals surface area contributed by atoms with Gasteiger partial charge in [-0.15, -0.1) is 0 Å². The van der Waals surface area contributed by atoms with E-state index in [1.54, 1.807) is 28.0 Å². The minimum absolute atomic E-state index is 0.0355. The molecular weight excluding hydrogens is 462 g/mol. The number of hydrogen-bond acceptors (Lipinski definition) is 6. The average molecular weight is 498 g/mol. The molecule has 2 atom stereocenters. The SMILES string of the molecule is NCc1cccc(S(=O)(=O)[C@@H]2CC(C3CCCCC3)CN(C(=O)N3CCS(=O)(=O)CC3)C2)c1. The maximum Gasteiger partial charge on any atom is 0.320 e. The Morgan fingerprint density at radius 2 is 1.70 bits per heavy atom. The third-order valence-corrected chi connectivity index (χ3v) is 11.3. The molecule has 2 saturated heterocycles. The summed E-state index contributed by atoms with van der Waals surface area (Å²) in [5, 5.41) is -0.677. The molecule has 2 heterocycles. The molecule has 0 bridgehead atoms. The van der Waals surface area contributed by atoms with Gasteiger partial charge < -0.3 is 15.5 Å². The van der Waals surface area contributed by atoms with Crippen LogP contribution in [0.25, 0.3) is 0 Å². The first-order valence-corrected chi connectivity index (χ1v) is 15.3. The van der Waals surface area contributed by atoms with E-state index in [0.717, 1.165) is 31.2 Å². The van der Waals surface area contributed by atoms with Gasteiger partial charge in [-0.25, -0.2) is 21.6 Å². The quantitative estimate of drug-likeness (QED) is 0.680. The summed E-state index contributed by atoms with van der Waals surface area (Å²) in [4.78, 5) is 16.9. The molecule has 0 spiro atoms. The summed E-state index contributed by atoms with van der Waals surface area (Å²) in [5.74, 6) is 0.483. The number of likely N-dealkylation sites (tertiary alicyclic amines) is 1. The second-order valence-electron chi connectivity index (χ2n) is 9.74. The Hall–Kier alpha value is -1.65. The first-order valence-electron chi connectivity index (χ1n) is 12.0. The van der Waals surface area contributed by atoms with Gasteiger partial charge in [0.25, 0.3) is 0 Å². The maximum absolute atomic E-state index is 13.6. The Bertz CT molecular complexity index is 1050. The number of rotatable bonds is 4. The van der Waals surface area contributed by atoms with Crippen LogP contribution < -0.4 is 5.73 Å². The van der Waals surface area contributed by atoms with Gasteiger partial charge in [0, 0.05) is 32.7 Å². The molecule has 3 fully saturated rings. The average Bonchev–Trinajstić information content (AvgIpc) is 2.84. The first kappa shape index (κ1) is 24.5. The van der Waals surface area contributed by atoms with Crippen LogP contribution in [-0.4, -0.2) is 75.6 Å². The number of piperidine rings is 1. The molecule has 8 nitrogen and oxygen atoms in total. The van der Waals surface area contributed by atoms with E-state index in [4.69, 9.17) is 5.73 Å². The number of carbonyl (C=O) groups is 1. The Morgan fingerprint density at radius 3 is 2.36 bits per heavy atom. The van der Waals surface area contributed by atoms with Crippen molar-refractivity contribution < 1.29 is 21.6 Å². The summed E-state index contributed by atoms with van der Waals surface area (Å²) in [5.41, 5.74) is 6.49. The smallest absolute Gasteiger partial charge is 0.320 e. The summed E-state index contributed by atoms with van der Waals surface area (Å²) >= 11 is 0. The zero-order valence-electron chi connectivity index (χ0n) is 19.1. The van der Waals surface area contributed by atoms with Gasteiger partial charge in [-0.05, 0) is 36.0 Å². The minimum atomic E-state index is -3.65. The predicted molar refractivity (Wildman–Crippen MR) is 127 cm³/mol. The molecule has 2 N–H and O–H groups in total.